The number of carbonyl (C=O) groups is 3. The van der Waals surface area contributed by atoms with Gasteiger partial charge >= 0.3 is 12.1 Å². The molecule has 1 aromatic rings. The van der Waals surface area contributed by atoms with Crippen LogP contribution in [0.25, 0.3) is 0 Å². The third kappa shape index (κ3) is 4.60. The molecule has 2 amide bonds. The summed E-state index contributed by atoms with van der Waals surface area (Å²) in [6.45, 7) is 1.35. The van der Waals surface area contributed by atoms with Crippen molar-refractivity contribution < 1.29 is 28.6 Å². The molecule has 0 aliphatic carbocycles. The van der Waals surface area contributed by atoms with Crippen molar-refractivity contribution in [3.05, 3.63) is 29.8 Å². The van der Waals surface area contributed by atoms with Gasteiger partial charge in [-0.3, -0.25) is 10.1 Å². The second kappa shape index (κ2) is 7.78. The third-order valence-corrected chi connectivity index (χ3v) is 2.17. The summed E-state index contributed by atoms with van der Waals surface area (Å²) in [6, 6.07) is 6.30. The average molecular weight is 281 g/mol. The molecule has 1 rings (SSSR count). The van der Waals surface area contributed by atoms with Gasteiger partial charge in [-0.15, -0.1) is 0 Å². The Bertz CT molecular complexity index is 499. The maximum absolute atomic E-state index is 11.5. The van der Waals surface area contributed by atoms with Crippen molar-refractivity contribution in [3.63, 3.8) is 0 Å². The molecule has 0 fully saturated rings. The summed E-state index contributed by atoms with van der Waals surface area (Å²) < 4.78 is 14.3. The molecule has 0 saturated heterocycles. The smallest absolute Gasteiger partial charge is 0.413 e. The molecular weight excluding hydrogens is 266 g/mol. The minimum absolute atomic E-state index is 0.158. The summed E-state index contributed by atoms with van der Waals surface area (Å²) in [7, 11) is 1.24. The molecule has 0 spiro atoms. The number of benzene rings is 1. The maximum atomic E-state index is 11.5. The van der Waals surface area contributed by atoms with Gasteiger partial charge in [0, 0.05) is 0 Å². The molecule has 7 nitrogen and oxygen atoms in total. The Labute approximate surface area is 115 Å². The van der Waals surface area contributed by atoms with Crippen LogP contribution < -0.4 is 10.1 Å². The molecule has 0 radical (unpaired) electrons. The molecule has 0 aromatic heterocycles. The lowest BCUT2D eigenvalue weighted by atomic mass is 10.2. The van der Waals surface area contributed by atoms with Crippen LogP contribution in [0.3, 0.4) is 0 Å². The second-order valence-electron chi connectivity index (χ2n) is 3.55. The lowest BCUT2D eigenvalue weighted by molar-refractivity contribution is -0.122. The van der Waals surface area contributed by atoms with Gasteiger partial charge in [-0.05, 0) is 19.1 Å². The van der Waals surface area contributed by atoms with Crippen LogP contribution in [0.5, 0.6) is 5.75 Å². The Morgan fingerprint density at radius 1 is 1.20 bits per heavy atom. The van der Waals surface area contributed by atoms with Crippen LogP contribution in [0.2, 0.25) is 0 Å². The molecule has 7 heteroatoms. The van der Waals surface area contributed by atoms with Crippen molar-refractivity contribution in [2.24, 2.45) is 0 Å². The number of esters is 1. The van der Waals surface area contributed by atoms with Gasteiger partial charge in [-0.1, -0.05) is 12.1 Å². The largest absolute Gasteiger partial charge is 0.483 e. The summed E-state index contributed by atoms with van der Waals surface area (Å²) >= 11 is 0. The Morgan fingerprint density at radius 2 is 1.90 bits per heavy atom. The van der Waals surface area contributed by atoms with E-state index in [9.17, 15) is 14.4 Å². The third-order valence-electron chi connectivity index (χ3n) is 2.17. The average Bonchev–Trinajstić information content (AvgIpc) is 2.44. The number of amides is 2. The lowest BCUT2D eigenvalue weighted by Gasteiger charge is -2.09. The fourth-order valence-corrected chi connectivity index (χ4v) is 1.33. The van der Waals surface area contributed by atoms with Crippen LogP contribution in [0.15, 0.2) is 24.3 Å². The molecule has 0 unspecified atom stereocenters. The van der Waals surface area contributed by atoms with Crippen LogP contribution in [0, 0.1) is 0 Å². The van der Waals surface area contributed by atoms with Gasteiger partial charge in [0.05, 0.1) is 13.7 Å². The van der Waals surface area contributed by atoms with E-state index in [1.807, 2.05) is 5.32 Å². The Kier molecular flexibility index (Phi) is 6.02. The second-order valence-corrected chi connectivity index (χ2v) is 3.55. The van der Waals surface area contributed by atoms with E-state index >= 15 is 0 Å². The van der Waals surface area contributed by atoms with E-state index in [-0.39, 0.29) is 17.9 Å². The highest BCUT2D eigenvalue weighted by Crippen LogP contribution is 2.18. The fraction of sp³-hybridized carbons (Fsp3) is 0.308. The Morgan fingerprint density at radius 3 is 2.55 bits per heavy atom. The summed E-state index contributed by atoms with van der Waals surface area (Å²) in [5, 5.41) is 1.97. The first-order valence-corrected chi connectivity index (χ1v) is 5.85. The van der Waals surface area contributed by atoms with E-state index in [1.54, 1.807) is 19.1 Å². The van der Waals surface area contributed by atoms with Gasteiger partial charge in [-0.2, -0.15) is 0 Å². The van der Waals surface area contributed by atoms with Gasteiger partial charge < -0.3 is 14.2 Å². The fourth-order valence-electron chi connectivity index (χ4n) is 1.33. The van der Waals surface area contributed by atoms with Crippen molar-refractivity contribution in [2.45, 2.75) is 6.92 Å². The summed E-state index contributed by atoms with van der Waals surface area (Å²) in [6.07, 6.45) is -0.845. The monoisotopic (exact) mass is 281 g/mol. The number of ether oxygens (including phenoxy) is 3. The number of rotatable bonds is 5. The Balaban J connectivity index is 2.59. The number of hydrogen-bond donors (Lipinski definition) is 1. The van der Waals surface area contributed by atoms with Crippen LogP contribution in [-0.2, 0) is 14.3 Å². The highest BCUT2D eigenvalue weighted by molar-refractivity contribution is 5.94. The molecular formula is C13H15NO6. The lowest BCUT2D eigenvalue weighted by Crippen LogP contribution is -2.34. The minimum Gasteiger partial charge on any atom is -0.483 e. The SMILES string of the molecule is CCOC(=O)NC(=O)COc1ccccc1C(=O)OC. The predicted molar refractivity (Wildman–Crippen MR) is 68.4 cm³/mol. The molecule has 0 aliphatic rings. The van der Waals surface area contributed by atoms with E-state index in [1.165, 1.54) is 19.2 Å². The van der Waals surface area contributed by atoms with Gasteiger partial charge in [-0.25, -0.2) is 9.59 Å². The molecule has 20 heavy (non-hydrogen) atoms. The van der Waals surface area contributed by atoms with Crippen molar-refractivity contribution >= 4 is 18.0 Å². The van der Waals surface area contributed by atoms with Gasteiger partial charge in [0.15, 0.2) is 6.61 Å². The van der Waals surface area contributed by atoms with Crippen LogP contribution in [-0.4, -0.2) is 38.3 Å². The number of carbonyl (C=O) groups excluding carboxylic acids is 3. The zero-order valence-electron chi connectivity index (χ0n) is 11.2. The summed E-state index contributed by atoms with van der Waals surface area (Å²) in [5.74, 6) is -1.06. The molecule has 0 saturated carbocycles. The van der Waals surface area contributed by atoms with E-state index in [0.29, 0.717) is 0 Å². The number of methoxy groups -OCH3 is 1. The molecule has 0 bridgehead atoms. The van der Waals surface area contributed by atoms with Crippen LogP contribution in [0.1, 0.15) is 17.3 Å². The van der Waals surface area contributed by atoms with Gasteiger partial charge in [0.1, 0.15) is 11.3 Å². The number of nitrogens with one attached hydrogen (secondary N) is 1. The van der Waals surface area contributed by atoms with Crippen molar-refractivity contribution in [2.75, 3.05) is 20.3 Å². The van der Waals surface area contributed by atoms with E-state index in [4.69, 9.17) is 4.74 Å². The number of hydrogen-bond acceptors (Lipinski definition) is 6. The quantitative estimate of drug-likeness (QED) is 0.813. The van der Waals surface area contributed by atoms with Crippen LogP contribution >= 0.6 is 0 Å². The van der Waals surface area contributed by atoms with Gasteiger partial charge in [0.25, 0.3) is 5.91 Å². The highest BCUT2D eigenvalue weighted by atomic mass is 16.6. The molecule has 0 atom stereocenters. The Hall–Kier alpha value is -2.57. The number of imide groups is 1. The zero-order chi connectivity index (χ0) is 15.0. The van der Waals surface area contributed by atoms with Gasteiger partial charge in [0.2, 0.25) is 0 Å². The number of alkyl carbamates (subject to hydrolysis) is 1. The molecule has 0 aliphatic heterocycles. The normalized spacial score (nSPS) is 9.50. The van der Waals surface area contributed by atoms with E-state index in [2.05, 4.69) is 9.47 Å². The predicted octanol–water partition coefficient (Wildman–Crippen LogP) is 1.12. The first-order valence-electron chi connectivity index (χ1n) is 5.85. The van der Waals surface area contributed by atoms with Crippen molar-refractivity contribution in [3.8, 4) is 5.75 Å². The summed E-state index contributed by atoms with van der Waals surface area (Å²) in [4.78, 5) is 33.9. The highest BCUT2D eigenvalue weighted by Gasteiger charge is 2.14. The first-order chi connectivity index (χ1) is 9.58. The van der Waals surface area contributed by atoms with Crippen molar-refractivity contribution in [1.82, 2.24) is 5.32 Å². The molecule has 1 N–H and O–H groups in total. The molecule has 0 heterocycles. The van der Waals surface area contributed by atoms with Crippen LogP contribution in [0.4, 0.5) is 4.79 Å². The summed E-state index contributed by atoms with van der Waals surface area (Å²) in [5.41, 5.74) is 0.193. The van der Waals surface area contributed by atoms with E-state index < -0.39 is 24.6 Å². The van der Waals surface area contributed by atoms with E-state index in [0.717, 1.165) is 0 Å². The minimum atomic E-state index is -0.845. The maximum Gasteiger partial charge on any atom is 0.413 e. The zero-order valence-corrected chi connectivity index (χ0v) is 11.2. The topological polar surface area (TPSA) is 90.9 Å². The molecule has 108 valence electrons. The first kappa shape index (κ1) is 15.5. The number of para-hydroxylation sites is 1. The molecule has 1 aromatic carbocycles. The van der Waals surface area contributed by atoms with Crippen molar-refractivity contribution in [1.29, 1.82) is 0 Å². The standard InChI is InChI=1S/C13H15NO6/c1-3-19-13(17)14-11(15)8-20-10-7-5-4-6-9(10)12(16)18-2/h4-7H,3,8H2,1-2H3,(H,14,15,17).